The Labute approximate surface area is 130 Å². The first-order valence-corrected chi connectivity index (χ1v) is 7.89. The number of hydrogen-bond donors (Lipinski definition) is 0. The highest BCUT2D eigenvalue weighted by atomic mass is 79.9. The molecule has 1 atom stereocenters. The minimum Gasteiger partial charge on any atom is -0.334 e. The fourth-order valence-corrected chi connectivity index (χ4v) is 3.22. The zero-order chi connectivity index (χ0) is 14.7. The van der Waals surface area contributed by atoms with E-state index in [4.69, 9.17) is 11.6 Å². The number of nitrogens with zero attached hydrogens (tertiary/aromatic N) is 1. The predicted molar refractivity (Wildman–Crippen MR) is 78.1 cm³/mol. The average molecular weight is 367 g/mol. The van der Waals surface area contributed by atoms with Crippen molar-refractivity contribution in [2.24, 2.45) is 0 Å². The van der Waals surface area contributed by atoms with E-state index < -0.39 is 23.1 Å². The molecule has 0 bridgehead atoms. The van der Waals surface area contributed by atoms with E-state index in [1.807, 2.05) is 0 Å². The first kappa shape index (κ1) is 15.7. The number of halogens is 4. The first-order chi connectivity index (χ1) is 9.54. The predicted octanol–water partition coefficient (Wildman–Crippen LogP) is 4.35. The molecule has 0 aromatic heterocycles. The SMILES string of the molecule is O=C(c1c(F)cc(Br)cc1F)N1CCCCCC1CCl. The molecule has 1 aromatic rings. The van der Waals surface area contributed by atoms with Gasteiger partial charge in [-0.2, -0.15) is 0 Å². The van der Waals surface area contributed by atoms with Crippen LogP contribution in [0.1, 0.15) is 36.0 Å². The lowest BCUT2D eigenvalue weighted by Gasteiger charge is -2.29. The summed E-state index contributed by atoms with van der Waals surface area (Å²) >= 11 is 8.90. The molecule has 0 saturated carbocycles. The molecule has 6 heteroatoms. The molecule has 0 spiro atoms. The highest BCUT2D eigenvalue weighted by Crippen LogP contribution is 2.25. The number of benzene rings is 1. The van der Waals surface area contributed by atoms with Crippen molar-refractivity contribution in [1.82, 2.24) is 4.90 Å². The van der Waals surface area contributed by atoms with Crippen LogP contribution in [0.5, 0.6) is 0 Å². The van der Waals surface area contributed by atoms with Gasteiger partial charge in [-0.3, -0.25) is 4.79 Å². The van der Waals surface area contributed by atoms with Crippen LogP contribution >= 0.6 is 27.5 Å². The molecule has 1 amide bonds. The topological polar surface area (TPSA) is 20.3 Å². The summed E-state index contributed by atoms with van der Waals surface area (Å²) in [5.74, 6) is -2.02. The van der Waals surface area contributed by atoms with Crippen LogP contribution in [0.15, 0.2) is 16.6 Å². The van der Waals surface area contributed by atoms with Crippen molar-refractivity contribution in [2.75, 3.05) is 12.4 Å². The zero-order valence-electron chi connectivity index (χ0n) is 10.8. The quantitative estimate of drug-likeness (QED) is 0.713. The van der Waals surface area contributed by atoms with Gasteiger partial charge < -0.3 is 4.90 Å². The van der Waals surface area contributed by atoms with Crippen LogP contribution in [0.25, 0.3) is 0 Å². The van der Waals surface area contributed by atoms with Gasteiger partial charge in [0, 0.05) is 22.9 Å². The zero-order valence-corrected chi connectivity index (χ0v) is 13.2. The van der Waals surface area contributed by atoms with E-state index in [1.165, 1.54) is 4.90 Å². The van der Waals surface area contributed by atoms with Gasteiger partial charge in [-0.15, -0.1) is 11.6 Å². The average Bonchev–Trinajstić information content (AvgIpc) is 2.62. The summed E-state index contributed by atoms with van der Waals surface area (Å²) in [6.45, 7) is 0.491. The van der Waals surface area contributed by atoms with Crippen molar-refractivity contribution in [3.63, 3.8) is 0 Å². The summed E-state index contributed by atoms with van der Waals surface area (Å²) in [7, 11) is 0. The Morgan fingerprint density at radius 1 is 1.30 bits per heavy atom. The highest BCUT2D eigenvalue weighted by Gasteiger charge is 2.29. The van der Waals surface area contributed by atoms with Crippen molar-refractivity contribution < 1.29 is 13.6 Å². The number of likely N-dealkylation sites (tertiary alicyclic amines) is 1. The van der Waals surface area contributed by atoms with Gasteiger partial charge in [0.05, 0.1) is 0 Å². The van der Waals surface area contributed by atoms with E-state index in [2.05, 4.69) is 15.9 Å². The summed E-state index contributed by atoms with van der Waals surface area (Å²) in [5, 5.41) is 0. The molecule has 1 heterocycles. The summed E-state index contributed by atoms with van der Waals surface area (Å²) < 4.78 is 28.1. The summed E-state index contributed by atoms with van der Waals surface area (Å²) in [5.41, 5.74) is -0.495. The van der Waals surface area contributed by atoms with Crippen LogP contribution in [0.3, 0.4) is 0 Å². The highest BCUT2D eigenvalue weighted by molar-refractivity contribution is 9.10. The third kappa shape index (κ3) is 3.31. The second kappa shape index (κ2) is 6.85. The van der Waals surface area contributed by atoms with Crippen LogP contribution in [0.2, 0.25) is 0 Å². The Morgan fingerprint density at radius 2 is 1.95 bits per heavy atom. The van der Waals surface area contributed by atoms with E-state index >= 15 is 0 Å². The Balaban J connectivity index is 2.34. The second-order valence-corrected chi connectivity index (χ2v) is 6.12. The molecule has 1 saturated heterocycles. The molecule has 2 nitrogen and oxygen atoms in total. The summed E-state index contributed by atoms with van der Waals surface area (Å²) in [4.78, 5) is 14.0. The fourth-order valence-electron chi connectivity index (χ4n) is 2.50. The monoisotopic (exact) mass is 365 g/mol. The van der Waals surface area contributed by atoms with Crippen molar-refractivity contribution in [3.05, 3.63) is 33.8 Å². The lowest BCUT2D eigenvalue weighted by atomic mass is 10.1. The third-order valence-electron chi connectivity index (χ3n) is 3.54. The molecule has 1 aliphatic heterocycles. The largest absolute Gasteiger partial charge is 0.334 e. The lowest BCUT2D eigenvalue weighted by molar-refractivity contribution is 0.0690. The number of amides is 1. The van der Waals surface area contributed by atoms with Crippen molar-refractivity contribution >= 4 is 33.4 Å². The summed E-state index contributed by atoms with van der Waals surface area (Å²) in [6, 6.07) is 2.04. The maximum Gasteiger partial charge on any atom is 0.260 e. The first-order valence-electron chi connectivity index (χ1n) is 6.56. The standard InChI is InChI=1S/C14H15BrClF2NO/c15-9-6-11(17)13(12(18)7-9)14(20)19-5-3-1-2-4-10(19)8-16/h6-7,10H,1-5,8H2. The second-order valence-electron chi connectivity index (χ2n) is 4.90. The molecule has 0 aliphatic carbocycles. The number of rotatable bonds is 2. The van der Waals surface area contributed by atoms with Gasteiger partial charge >= 0.3 is 0 Å². The fraction of sp³-hybridized carbons (Fsp3) is 0.500. The number of hydrogen-bond acceptors (Lipinski definition) is 1. The molecule has 1 aliphatic rings. The van der Waals surface area contributed by atoms with E-state index in [9.17, 15) is 13.6 Å². The Kier molecular flexibility index (Phi) is 5.38. The summed E-state index contributed by atoms with van der Waals surface area (Å²) in [6.07, 6.45) is 3.59. The van der Waals surface area contributed by atoms with Crippen molar-refractivity contribution in [1.29, 1.82) is 0 Å². The molecular weight excluding hydrogens is 352 g/mol. The normalized spacial score (nSPS) is 19.8. The maximum atomic E-state index is 13.9. The van der Waals surface area contributed by atoms with Gasteiger partial charge in [-0.25, -0.2) is 8.78 Å². The van der Waals surface area contributed by atoms with Crippen LogP contribution in [-0.2, 0) is 0 Å². The number of alkyl halides is 1. The number of carbonyl (C=O) groups is 1. The third-order valence-corrected chi connectivity index (χ3v) is 4.35. The van der Waals surface area contributed by atoms with Crippen molar-refractivity contribution in [2.45, 2.75) is 31.7 Å². The van der Waals surface area contributed by atoms with Gasteiger partial charge in [-0.05, 0) is 25.0 Å². The molecular formula is C14H15BrClF2NO. The minimum atomic E-state index is -0.848. The molecule has 1 fully saturated rings. The molecule has 1 unspecified atom stereocenters. The molecule has 1 aromatic carbocycles. The Morgan fingerprint density at radius 3 is 2.55 bits per heavy atom. The molecule has 20 heavy (non-hydrogen) atoms. The van der Waals surface area contributed by atoms with E-state index in [0.29, 0.717) is 6.54 Å². The molecule has 2 rings (SSSR count). The Hall–Kier alpha value is -0.680. The number of carbonyl (C=O) groups excluding carboxylic acids is 1. The van der Waals surface area contributed by atoms with Gasteiger partial charge in [0.15, 0.2) is 0 Å². The van der Waals surface area contributed by atoms with Gasteiger partial charge in [0.2, 0.25) is 0 Å². The van der Waals surface area contributed by atoms with Crippen molar-refractivity contribution in [3.8, 4) is 0 Å². The van der Waals surface area contributed by atoms with Gasteiger partial charge in [0.25, 0.3) is 5.91 Å². The van der Waals surface area contributed by atoms with Crippen LogP contribution in [0, 0.1) is 11.6 Å². The van der Waals surface area contributed by atoms with Crippen LogP contribution in [-0.4, -0.2) is 29.3 Å². The van der Waals surface area contributed by atoms with E-state index in [0.717, 1.165) is 37.8 Å². The Bertz CT molecular complexity index is 489. The van der Waals surface area contributed by atoms with Crippen LogP contribution in [0.4, 0.5) is 8.78 Å². The lowest BCUT2D eigenvalue weighted by Crippen LogP contribution is -2.41. The molecule has 0 N–H and O–H groups in total. The smallest absolute Gasteiger partial charge is 0.260 e. The van der Waals surface area contributed by atoms with E-state index in [1.54, 1.807) is 0 Å². The van der Waals surface area contributed by atoms with E-state index in [-0.39, 0.29) is 16.4 Å². The maximum absolute atomic E-state index is 13.9. The molecule has 110 valence electrons. The minimum absolute atomic E-state index is 0.158. The molecule has 0 radical (unpaired) electrons. The van der Waals surface area contributed by atoms with Gasteiger partial charge in [0.1, 0.15) is 17.2 Å². The van der Waals surface area contributed by atoms with Gasteiger partial charge in [-0.1, -0.05) is 28.8 Å². The van der Waals surface area contributed by atoms with Crippen LogP contribution < -0.4 is 0 Å².